The van der Waals surface area contributed by atoms with Crippen LogP contribution < -0.4 is 4.72 Å². The van der Waals surface area contributed by atoms with Gasteiger partial charge in [0.1, 0.15) is 0 Å². The first-order valence-electron chi connectivity index (χ1n) is 4.46. The van der Waals surface area contributed by atoms with Crippen molar-refractivity contribution in [2.75, 3.05) is 0 Å². The van der Waals surface area contributed by atoms with Crippen molar-refractivity contribution in [3.8, 4) is 0 Å². The topological polar surface area (TPSA) is 49.3 Å². The third-order valence-electron chi connectivity index (χ3n) is 1.58. The predicted octanol–water partition coefficient (Wildman–Crippen LogP) is 3.15. The van der Waals surface area contributed by atoms with Gasteiger partial charge in [0.25, 0.3) is 0 Å². The largest absolute Gasteiger partial charge is 0.478 e. The molecule has 0 saturated heterocycles. The van der Waals surface area contributed by atoms with Gasteiger partial charge in [-0.1, -0.05) is 0 Å². The highest BCUT2D eigenvalue weighted by Crippen LogP contribution is 2.26. The third kappa shape index (κ3) is 3.85. The Kier molecular flexibility index (Phi) is 4.63. The zero-order valence-electron chi connectivity index (χ0n) is 8.45. The van der Waals surface area contributed by atoms with Gasteiger partial charge in [-0.15, -0.1) is 0 Å². The van der Waals surface area contributed by atoms with Crippen LogP contribution in [0.4, 0.5) is 0 Å². The van der Waals surface area contributed by atoms with Crippen molar-refractivity contribution in [3.05, 3.63) is 28.2 Å². The molecule has 0 bridgehead atoms. The fourth-order valence-corrected chi connectivity index (χ4v) is 2.10. The van der Waals surface area contributed by atoms with E-state index in [-0.39, 0.29) is 0 Å². The van der Waals surface area contributed by atoms with Crippen LogP contribution in [-0.4, -0.2) is 17.1 Å². The zero-order chi connectivity index (χ0) is 11.4. The van der Waals surface area contributed by atoms with Crippen molar-refractivity contribution in [2.24, 2.45) is 0 Å². The second-order valence-electron chi connectivity index (χ2n) is 3.32. The van der Waals surface area contributed by atoms with Crippen molar-refractivity contribution in [3.63, 3.8) is 0 Å². The molecule has 2 N–H and O–H groups in total. The normalized spacial score (nSPS) is 10.7. The molecule has 0 unspecified atom stereocenters. The summed E-state index contributed by atoms with van der Waals surface area (Å²) in [5.41, 5.74) is 0.297. The number of carboxylic acid groups (broad SMARTS) is 1. The highest BCUT2D eigenvalue weighted by molar-refractivity contribution is 9.10. The molecular weight excluding hydrogens is 278 g/mol. The highest BCUT2D eigenvalue weighted by atomic mass is 79.9. The van der Waals surface area contributed by atoms with Crippen LogP contribution in [0.2, 0.25) is 0 Å². The van der Waals surface area contributed by atoms with E-state index in [4.69, 9.17) is 5.11 Å². The van der Waals surface area contributed by atoms with Gasteiger partial charge in [0.15, 0.2) is 0 Å². The second kappa shape index (κ2) is 5.53. The zero-order valence-corrected chi connectivity index (χ0v) is 10.9. The van der Waals surface area contributed by atoms with Crippen LogP contribution in [-0.2, 0) is 0 Å². The Balaban J connectivity index is 2.85. The second-order valence-corrected chi connectivity index (χ2v) is 5.06. The molecule has 0 aliphatic carbocycles. The van der Waals surface area contributed by atoms with Gasteiger partial charge in [0.05, 0.1) is 5.56 Å². The van der Waals surface area contributed by atoms with Crippen LogP contribution in [0.1, 0.15) is 24.2 Å². The van der Waals surface area contributed by atoms with Crippen molar-refractivity contribution < 1.29 is 9.90 Å². The molecule has 0 radical (unpaired) electrons. The standard InChI is InChI=1S/C10H12BrNO2S/c1-6(2)12-15-9-5-7(10(13)14)3-4-8(9)11/h3-6,12H,1-2H3,(H,13,14). The maximum atomic E-state index is 10.8. The molecule has 0 fully saturated rings. The van der Waals surface area contributed by atoms with E-state index in [1.165, 1.54) is 11.9 Å². The van der Waals surface area contributed by atoms with Gasteiger partial charge in [-0.05, 0) is 59.9 Å². The fourth-order valence-electron chi connectivity index (χ4n) is 0.896. The molecule has 0 aliphatic rings. The molecule has 0 spiro atoms. The van der Waals surface area contributed by atoms with Gasteiger partial charge in [-0.3, -0.25) is 4.72 Å². The lowest BCUT2D eigenvalue weighted by atomic mass is 10.2. The minimum atomic E-state index is -0.908. The summed E-state index contributed by atoms with van der Waals surface area (Å²) in [5, 5.41) is 8.83. The van der Waals surface area contributed by atoms with Crippen molar-refractivity contribution in [2.45, 2.75) is 24.8 Å². The number of rotatable bonds is 4. The molecule has 1 aromatic rings. The summed E-state index contributed by atoms with van der Waals surface area (Å²) in [7, 11) is 0. The summed E-state index contributed by atoms with van der Waals surface area (Å²) in [6, 6.07) is 5.31. The number of carboxylic acids is 1. The highest BCUT2D eigenvalue weighted by Gasteiger charge is 2.07. The first-order valence-corrected chi connectivity index (χ1v) is 6.07. The number of halogens is 1. The number of aromatic carboxylic acids is 1. The number of carbonyl (C=O) groups is 1. The quantitative estimate of drug-likeness (QED) is 0.836. The lowest BCUT2D eigenvalue weighted by Gasteiger charge is -2.09. The molecule has 82 valence electrons. The SMILES string of the molecule is CC(C)NSc1cc(C(=O)O)ccc1Br. The van der Waals surface area contributed by atoms with Crippen LogP contribution in [0.15, 0.2) is 27.6 Å². The number of hydrogen-bond acceptors (Lipinski definition) is 3. The van der Waals surface area contributed by atoms with Crippen molar-refractivity contribution >= 4 is 33.8 Å². The number of nitrogens with one attached hydrogen (secondary N) is 1. The average Bonchev–Trinajstić information content (AvgIpc) is 2.16. The van der Waals surface area contributed by atoms with Crippen molar-refractivity contribution in [1.82, 2.24) is 4.72 Å². The van der Waals surface area contributed by atoms with E-state index >= 15 is 0 Å². The van der Waals surface area contributed by atoms with Crippen molar-refractivity contribution in [1.29, 1.82) is 0 Å². The van der Waals surface area contributed by atoms with Gasteiger partial charge in [0, 0.05) is 15.4 Å². The smallest absolute Gasteiger partial charge is 0.335 e. The average molecular weight is 290 g/mol. The molecule has 15 heavy (non-hydrogen) atoms. The Bertz CT molecular complexity index is 368. The van der Waals surface area contributed by atoms with E-state index < -0.39 is 5.97 Å². The Morgan fingerprint density at radius 3 is 2.73 bits per heavy atom. The van der Waals surface area contributed by atoms with Crippen LogP contribution in [0.25, 0.3) is 0 Å². The lowest BCUT2D eigenvalue weighted by Crippen LogP contribution is -2.13. The van der Waals surface area contributed by atoms with Crippen LogP contribution in [0.5, 0.6) is 0 Å². The van der Waals surface area contributed by atoms with Gasteiger partial charge in [-0.25, -0.2) is 4.79 Å². The maximum Gasteiger partial charge on any atom is 0.335 e. The van der Waals surface area contributed by atoms with E-state index in [2.05, 4.69) is 20.7 Å². The van der Waals surface area contributed by atoms with Crippen LogP contribution >= 0.6 is 27.9 Å². The molecule has 0 atom stereocenters. The van der Waals surface area contributed by atoms with Crippen LogP contribution in [0, 0.1) is 0 Å². The summed E-state index contributed by atoms with van der Waals surface area (Å²) < 4.78 is 4.06. The summed E-state index contributed by atoms with van der Waals surface area (Å²) in [5.74, 6) is -0.908. The Labute approximate surface area is 102 Å². The Morgan fingerprint density at radius 2 is 2.20 bits per heavy atom. The van der Waals surface area contributed by atoms with Crippen LogP contribution in [0.3, 0.4) is 0 Å². The lowest BCUT2D eigenvalue weighted by molar-refractivity contribution is 0.0696. The minimum Gasteiger partial charge on any atom is -0.478 e. The first-order chi connectivity index (χ1) is 7.00. The molecular formula is C10H12BrNO2S. The summed E-state index contributed by atoms with van der Waals surface area (Å²) in [6.07, 6.45) is 0. The van der Waals surface area contributed by atoms with Gasteiger partial charge in [0.2, 0.25) is 0 Å². The molecule has 0 amide bonds. The minimum absolute atomic E-state index is 0.297. The Hall–Kier alpha value is -0.520. The Morgan fingerprint density at radius 1 is 1.53 bits per heavy atom. The summed E-state index contributed by atoms with van der Waals surface area (Å²) in [6.45, 7) is 4.06. The number of hydrogen-bond donors (Lipinski definition) is 2. The monoisotopic (exact) mass is 289 g/mol. The molecule has 5 heteroatoms. The van der Waals surface area contributed by atoms with Gasteiger partial charge < -0.3 is 5.11 Å². The first kappa shape index (κ1) is 12.5. The fraction of sp³-hybridized carbons (Fsp3) is 0.300. The van der Waals surface area contributed by atoms with E-state index in [1.807, 2.05) is 13.8 Å². The third-order valence-corrected chi connectivity index (χ3v) is 3.68. The molecule has 0 aromatic heterocycles. The maximum absolute atomic E-state index is 10.8. The molecule has 3 nitrogen and oxygen atoms in total. The predicted molar refractivity (Wildman–Crippen MR) is 65.2 cm³/mol. The molecule has 1 aromatic carbocycles. The molecule has 0 heterocycles. The van der Waals surface area contributed by atoms with E-state index in [0.29, 0.717) is 11.6 Å². The number of benzene rings is 1. The van der Waals surface area contributed by atoms with Gasteiger partial charge in [-0.2, -0.15) is 0 Å². The molecule has 0 aliphatic heterocycles. The summed E-state index contributed by atoms with van der Waals surface area (Å²) in [4.78, 5) is 11.6. The van der Waals surface area contributed by atoms with E-state index in [0.717, 1.165) is 9.37 Å². The van der Waals surface area contributed by atoms with E-state index in [9.17, 15) is 4.79 Å². The molecule has 1 rings (SSSR count). The molecule has 0 saturated carbocycles. The summed E-state index contributed by atoms with van der Waals surface area (Å²) >= 11 is 4.80. The van der Waals surface area contributed by atoms with E-state index in [1.54, 1.807) is 18.2 Å². The van der Waals surface area contributed by atoms with Gasteiger partial charge >= 0.3 is 5.97 Å².